The molecule has 3 rings (SSSR count). The van der Waals surface area contributed by atoms with Crippen molar-refractivity contribution >= 4 is 5.78 Å². The average molecular weight is 351 g/mol. The first-order chi connectivity index (χ1) is 12.5. The third-order valence-corrected chi connectivity index (χ3v) is 3.86. The predicted octanol–water partition coefficient (Wildman–Crippen LogP) is 3.08. The second-order valence-electron chi connectivity index (χ2n) is 6.42. The highest BCUT2D eigenvalue weighted by atomic mass is 16.5. The second kappa shape index (κ2) is 7.86. The molecule has 3 aromatic rings. The van der Waals surface area contributed by atoms with Crippen LogP contribution < -0.4 is 4.74 Å². The van der Waals surface area contributed by atoms with Gasteiger partial charge in [-0.15, -0.1) is 5.10 Å². The number of carbonyl (C=O) groups excluding carboxylic acids is 1. The number of aromatic nitrogens is 5. The summed E-state index contributed by atoms with van der Waals surface area (Å²) >= 11 is 0. The number of Topliss-reactive ketones (excluding diaryl/α,β-unsaturated/α-hetero) is 1. The lowest BCUT2D eigenvalue weighted by atomic mass is 10.0. The van der Waals surface area contributed by atoms with Gasteiger partial charge >= 0.3 is 0 Å². The maximum absolute atomic E-state index is 12.0. The minimum atomic E-state index is 0.0901. The monoisotopic (exact) mass is 351 g/mol. The van der Waals surface area contributed by atoms with Gasteiger partial charge in [0.05, 0.1) is 5.69 Å². The van der Waals surface area contributed by atoms with Crippen LogP contribution in [0.5, 0.6) is 5.88 Å². The quantitative estimate of drug-likeness (QED) is 0.608. The Hall–Kier alpha value is -3.09. The van der Waals surface area contributed by atoms with E-state index in [9.17, 15) is 4.79 Å². The SMILES string of the molecule is CC(C)CC(=O)c1ccc(OCc2c(-c3ccccn3)nnn2C)nc1. The van der Waals surface area contributed by atoms with Crippen molar-refractivity contribution in [1.29, 1.82) is 0 Å². The lowest BCUT2D eigenvalue weighted by Gasteiger charge is -2.08. The Morgan fingerprint density at radius 1 is 1.19 bits per heavy atom. The van der Waals surface area contributed by atoms with Gasteiger partial charge in [-0.25, -0.2) is 9.67 Å². The number of nitrogens with zero attached hydrogens (tertiary/aromatic N) is 5. The number of ether oxygens (including phenoxy) is 1. The summed E-state index contributed by atoms with van der Waals surface area (Å²) in [5.74, 6) is 0.854. The van der Waals surface area contributed by atoms with Crippen LogP contribution in [0, 0.1) is 5.92 Å². The molecule has 0 aliphatic heterocycles. The molecule has 7 nitrogen and oxygen atoms in total. The van der Waals surface area contributed by atoms with Crippen LogP contribution in [0.4, 0.5) is 0 Å². The van der Waals surface area contributed by atoms with Crippen LogP contribution in [0.1, 0.15) is 36.3 Å². The van der Waals surface area contributed by atoms with Gasteiger partial charge in [0.2, 0.25) is 5.88 Å². The molecule has 0 bridgehead atoms. The van der Waals surface area contributed by atoms with Gasteiger partial charge in [-0.3, -0.25) is 9.78 Å². The molecule has 0 atom stereocenters. The van der Waals surface area contributed by atoms with E-state index >= 15 is 0 Å². The summed E-state index contributed by atoms with van der Waals surface area (Å²) in [6.45, 7) is 4.29. The first kappa shape index (κ1) is 17.7. The number of aryl methyl sites for hydroxylation is 1. The van der Waals surface area contributed by atoms with Gasteiger partial charge in [-0.1, -0.05) is 25.1 Å². The van der Waals surface area contributed by atoms with E-state index in [2.05, 4.69) is 20.3 Å². The molecule has 0 saturated heterocycles. The number of rotatable bonds is 7. The van der Waals surface area contributed by atoms with E-state index in [1.54, 1.807) is 36.3 Å². The van der Waals surface area contributed by atoms with E-state index in [-0.39, 0.29) is 12.4 Å². The molecular weight excluding hydrogens is 330 g/mol. The third-order valence-electron chi connectivity index (χ3n) is 3.86. The van der Waals surface area contributed by atoms with E-state index in [1.807, 2.05) is 32.0 Å². The van der Waals surface area contributed by atoms with Crippen molar-refractivity contribution in [2.45, 2.75) is 26.9 Å². The van der Waals surface area contributed by atoms with E-state index in [4.69, 9.17) is 4.74 Å². The number of pyridine rings is 2. The molecule has 0 fully saturated rings. The van der Waals surface area contributed by atoms with Crippen molar-refractivity contribution in [1.82, 2.24) is 25.0 Å². The Balaban J connectivity index is 1.70. The normalized spacial score (nSPS) is 10.9. The van der Waals surface area contributed by atoms with Gasteiger partial charge in [0.1, 0.15) is 18.0 Å². The molecule has 7 heteroatoms. The Morgan fingerprint density at radius 2 is 2.04 bits per heavy atom. The molecule has 3 aromatic heterocycles. The van der Waals surface area contributed by atoms with Gasteiger partial charge in [0, 0.05) is 37.5 Å². The van der Waals surface area contributed by atoms with Crippen molar-refractivity contribution in [3.8, 4) is 17.3 Å². The van der Waals surface area contributed by atoms with Gasteiger partial charge in [-0.2, -0.15) is 0 Å². The predicted molar refractivity (Wildman–Crippen MR) is 96.6 cm³/mol. The van der Waals surface area contributed by atoms with Crippen LogP contribution >= 0.6 is 0 Å². The standard InChI is InChI=1S/C19H21N5O2/c1-13(2)10-17(25)14-7-8-18(21-11-14)26-12-16-19(22-23-24(16)3)15-6-4-5-9-20-15/h4-9,11,13H,10,12H2,1-3H3. The molecule has 0 N–H and O–H groups in total. The molecule has 0 aromatic carbocycles. The summed E-state index contributed by atoms with van der Waals surface area (Å²) in [4.78, 5) is 20.6. The number of hydrogen-bond donors (Lipinski definition) is 0. The first-order valence-corrected chi connectivity index (χ1v) is 8.46. The summed E-state index contributed by atoms with van der Waals surface area (Å²) in [6.07, 6.45) is 3.78. The van der Waals surface area contributed by atoms with Crippen molar-refractivity contribution in [3.63, 3.8) is 0 Å². The molecule has 26 heavy (non-hydrogen) atoms. The fourth-order valence-corrected chi connectivity index (χ4v) is 2.50. The summed E-state index contributed by atoms with van der Waals surface area (Å²) < 4.78 is 7.42. The summed E-state index contributed by atoms with van der Waals surface area (Å²) in [7, 11) is 1.80. The average Bonchev–Trinajstić information content (AvgIpc) is 3.01. The molecule has 0 amide bonds. The first-order valence-electron chi connectivity index (χ1n) is 8.46. The lowest BCUT2D eigenvalue weighted by molar-refractivity contribution is 0.0967. The third kappa shape index (κ3) is 4.11. The minimum Gasteiger partial charge on any atom is -0.471 e. The van der Waals surface area contributed by atoms with Gasteiger partial charge in [-0.05, 0) is 24.1 Å². The molecule has 0 aliphatic rings. The van der Waals surface area contributed by atoms with Crippen LogP contribution in [0.25, 0.3) is 11.4 Å². The smallest absolute Gasteiger partial charge is 0.213 e. The molecule has 134 valence electrons. The molecule has 3 heterocycles. The van der Waals surface area contributed by atoms with E-state index in [1.165, 1.54) is 0 Å². The summed E-state index contributed by atoms with van der Waals surface area (Å²) in [5, 5.41) is 8.22. The van der Waals surface area contributed by atoms with Crippen LogP contribution in [0.2, 0.25) is 0 Å². The zero-order valence-electron chi connectivity index (χ0n) is 15.1. The fraction of sp³-hybridized carbons (Fsp3) is 0.316. The lowest BCUT2D eigenvalue weighted by Crippen LogP contribution is -2.07. The number of carbonyl (C=O) groups is 1. The van der Waals surface area contributed by atoms with Crippen molar-refractivity contribution in [2.24, 2.45) is 13.0 Å². The molecule has 0 aliphatic carbocycles. The second-order valence-corrected chi connectivity index (χ2v) is 6.42. The van der Waals surface area contributed by atoms with Crippen LogP contribution in [-0.4, -0.2) is 30.7 Å². The Kier molecular flexibility index (Phi) is 5.36. The highest BCUT2D eigenvalue weighted by Gasteiger charge is 2.15. The fourth-order valence-electron chi connectivity index (χ4n) is 2.50. The Morgan fingerprint density at radius 3 is 2.69 bits per heavy atom. The summed E-state index contributed by atoms with van der Waals surface area (Å²) in [6, 6.07) is 9.07. The van der Waals surface area contributed by atoms with E-state index in [0.717, 1.165) is 11.4 Å². The minimum absolute atomic E-state index is 0.0901. The Bertz CT molecular complexity index is 873. The maximum Gasteiger partial charge on any atom is 0.213 e. The van der Waals surface area contributed by atoms with Crippen molar-refractivity contribution in [3.05, 3.63) is 54.0 Å². The number of hydrogen-bond acceptors (Lipinski definition) is 6. The zero-order chi connectivity index (χ0) is 18.5. The van der Waals surface area contributed by atoms with Crippen LogP contribution in [-0.2, 0) is 13.7 Å². The topological polar surface area (TPSA) is 82.8 Å². The van der Waals surface area contributed by atoms with Gasteiger partial charge in [0.15, 0.2) is 5.78 Å². The molecular formula is C19H21N5O2. The molecule has 0 saturated carbocycles. The highest BCUT2D eigenvalue weighted by Crippen LogP contribution is 2.20. The highest BCUT2D eigenvalue weighted by molar-refractivity contribution is 5.95. The largest absolute Gasteiger partial charge is 0.471 e. The maximum atomic E-state index is 12.0. The number of ketones is 1. The van der Waals surface area contributed by atoms with Crippen molar-refractivity contribution < 1.29 is 9.53 Å². The zero-order valence-corrected chi connectivity index (χ0v) is 15.1. The van der Waals surface area contributed by atoms with E-state index in [0.29, 0.717) is 29.5 Å². The molecule has 0 radical (unpaired) electrons. The summed E-state index contributed by atoms with van der Waals surface area (Å²) in [5.41, 5.74) is 2.81. The van der Waals surface area contributed by atoms with Crippen LogP contribution in [0.3, 0.4) is 0 Å². The van der Waals surface area contributed by atoms with Gasteiger partial charge < -0.3 is 4.74 Å². The van der Waals surface area contributed by atoms with E-state index < -0.39 is 0 Å². The van der Waals surface area contributed by atoms with Gasteiger partial charge in [0.25, 0.3) is 0 Å². The Labute approximate surface area is 152 Å². The van der Waals surface area contributed by atoms with Crippen LogP contribution in [0.15, 0.2) is 42.7 Å². The molecule has 0 spiro atoms. The van der Waals surface area contributed by atoms with Crippen molar-refractivity contribution in [2.75, 3.05) is 0 Å². The molecule has 0 unspecified atom stereocenters.